The number of allylic oxidation sites excluding steroid dienone is 6. The zero-order chi connectivity index (χ0) is 55.0. The summed E-state index contributed by atoms with van der Waals surface area (Å²) in [5.74, 6) is -0.891. The summed E-state index contributed by atoms with van der Waals surface area (Å²) in [4.78, 5) is 38.1. The van der Waals surface area contributed by atoms with Crippen LogP contribution in [0.5, 0.6) is 0 Å². The van der Waals surface area contributed by atoms with Crippen molar-refractivity contribution in [3.05, 3.63) is 36.5 Å². The fraction of sp³-hybridized carbons (Fsp3) is 0.871. The van der Waals surface area contributed by atoms with E-state index in [0.29, 0.717) is 19.3 Å². The van der Waals surface area contributed by atoms with Crippen LogP contribution in [-0.2, 0) is 28.6 Å². The molecular formula is C70H130O6. The molecule has 0 aliphatic carbocycles. The summed E-state index contributed by atoms with van der Waals surface area (Å²) < 4.78 is 16.8. The fourth-order valence-electron chi connectivity index (χ4n) is 10.3. The highest BCUT2D eigenvalue weighted by Crippen LogP contribution is 2.19. The SMILES string of the molecule is CC/C=C\C/C=C\C/C=C\CCCCCC(=O)OC(COC(=O)CCCCCCCCCCCC)COC(=O)CCCCCCCCCCCCCCCCCCCCCCCCCCCCCCCCCCCCC. The lowest BCUT2D eigenvalue weighted by molar-refractivity contribution is -0.167. The molecule has 0 saturated carbocycles. The summed E-state index contributed by atoms with van der Waals surface area (Å²) in [5, 5.41) is 0. The van der Waals surface area contributed by atoms with Crippen molar-refractivity contribution >= 4 is 17.9 Å². The molecule has 0 spiro atoms. The molecule has 0 aliphatic heterocycles. The number of esters is 3. The van der Waals surface area contributed by atoms with Crippen molar-refractivity contribution in [2.75, 3.05) is 13.2 Å². The van der Waals surface area contributed by atoms with Crippen LogP contribution >= 0.6 is 0 Å². The van der Waals surface area contributed by atoms with E-state index in [4.69, 9.17) is 14.2 Å². The van der Waals surface area contributed by atoms with E-state index in [9.17, 15) is 14.4 Å². The van der Waals surface area contributed by atoms with Gasteiger partial charge < -0.3 is 14.2 Å². The summed E-state index contributed by atoms with van der Waals surface area (Å²) in [5.41, 5.74) is 0. The largest absolute Gasteiger partial charge is 0.462 e. The highest BCUT2D eigenvalue weighted by Gasteiger charge is 2.19. The Kier molecular flexibility index (Phi) is 63.1. The molecule has 76 heavy (non-hydrogen) atoms. The third-order valence-electron chi connectivity index (χ3n) is 15.4. The Morgan fingerprint density at radius 1 is 0.276 bits per heavy atom. The van der Waals surface area contributed by atoms with E-state index in [1.54, 1.807) is 0 Å². The van der Waals surface area contributed by atoms with Gasteiger partial charge in [0.05, 0.1) is 0 Å². The maximum absolute atomic E-state index is 12.8. The van der Waals surface area contributed by atoms with E-state index >= 15 is 0 Å². The summed E-state index contributed by atoms with van der Waals surface area (Å²) in [6, 6.07) is 0. The van der Waals surface area contributed by atoms with Gasteiger partial charge in [0.1, 0.15) is 13.2 Å². The monoisotopic (exact) mass is 1070 g/mol. The van der Waals surface area contributed by atoms with Gasteiger partial charge in [0.2, 0.25) is 0 Å². The predicted octanol–water partition coefficient (Wildman–Crippen LogP) is 23.2. The van der Waals surface area contributed by atoms with Crippen molar-refractivity contribution in [3.8, 4) is 0 Å². The molecule has 0 bridgehead atoms. The minimum absolute atomic E-state index is 0.0794. The number of rotatable bonds is 63. The third-order valence-corrected chi connectivity index (χ3v) is 15.4. The van der Waals surface area contributed by atoms with Crippen LogP contribution < -0.4 is 0 Å². The Bertz CT molecular complexity index is 1270. The van der Waals surface area contributed by atoms with Crippen molar-refractivity contribution in [1.82, 2.24) is 0 Å². The van der Waals surface area contributed by atoms with Crippen LogP contribution in [0.2, 0.25) is 0 Å². The molecule has 0 aliphatic rings. The van der Waals surface area contributed by atoms with E-state index in [2.05, 4.69) is 57.2 Å². The van der Waals surface area contributed by atoms with Gasteiger partial charge in [0.15, 0.2) is 6.10 Å². The van der Waals surface area contributed by atoms with Crippen molar-refractivity contribution in [2.45, 2.75) is 380 Å². The first-order chi connectivity index (χ1) is 37.5. The van der Waals surface area contributed by atoms with Gasteiger partial charge in [-0.15, -0.1) is 0 Å². The number of hydrogen-bond acceptors (Lipinski definition) is 6. The van der Waals surface area contributed by atoms with Gasteiger partial charge in [-0.25, -0.2) is 0 Å². The fourth-order valence-corrected chi connectivity index (χ4v) is 10.3. The quantitative estimate of drug-likeness (QED) is 0.0261. The van der Waals surface area contributed by atoms with Crippen LogP contribution in [0.3, 0.4) is 0 Å². The molecule has 6 heteroatoms. The maximum atomic E-state index is 12.8. The van der Waals surface area contributed by atoms with Gasteiger partial charge in [-0.05, 0) is 51.4 Å². The predicted molar refractivity (Wildman–Crippen MR) is 330 cm³/mol. The molecule has 0 amide bonds. The molecule has 446 valence electrons. The molecule has 0 heterocycles. The highest BCUT2D eigenvalue weighted by molar-refractivity contribution is 5.71. The highest BCUT2D eigenvalue weighted by atomic mass is 16.6. The summed E-state index contributed by atoms with van der Waals surface area (Å²) >= 11 is 0. The molecular weight excluding hydrogens is 937 g/mol. The van der Waals surface area contributed by atoms with Crippen LogP contribution in [0.1, 0.15) is 374 Å². The third kappa shape index (κ3) is 62.5. The van der Waals surface area contributed by atoms with E-state index in [1.807, 2.05) is 0 Å². The first-order valence-corrected chi connectivity index (χ1v) is 34.0. The Hall–Kier alpha value is -2.37. The zero-order valence-electron chi connectivity index (χ0n) is 51.3. The van der Waals surface area contributed by atoms with Gasteiger partial charge >= 0.3 is 17.9 Å². The Balaban J connectivity index is 3.95. The van der Waals surface area contributed by atoms with Gasteiger partial charge in [-0.2, -0.15) is 0 Å². The second-order valence-electron chi connectivity index (χ2n) is 23.1. The molecule has 0 radical (unpaired) electrons. The summed E-state index contributed by atoms with van der Waals surface area (Å²) in [7, 11) is 0. The summed E-state index contributed by atoms with van der Waals surface area (Å²) in [6.07, 6.45) is 80.7. The van der Waals surface area contributed by atoms with Gasteiger partial charge in [0.25, 0.3) is 0 Å². The Morgan fingerprint density at radius 3 is 0.803 bits per heavy atom. The average molecular weight is 1070 g/mol. The second kappa shape index (κ2) is 65.2. The van der Waals surface area contributed by atoms with Crippen LogP contribution in [0.4, 0.5) is 0 Å². The first-order valence-electron chi connectivity index (χ1n) is 34.0. The second-order valence-corrected chi connectivity index (χ2v) is 23.1. The molecule has 0 rings (SSSR count). The molecule has 0 aromatic carbocycles. The standard InChI is InChI=1S/C70H130O6/c1-4-7-10-13-16-19-22-24-25-26-27-28-29-30-31-32-33-34-35-36-37-38-39-40-41-42-43-44-45-47-48-51-54-57-60-63-69(72)75-66-67(65-74-68(71)62-59-56-53-50-21-18-15-12-9-6-3)76-70(73)64-61-58-55-52-49-46-23-20-17-14-11-8-5-2/h8,11,17,20,46,49,67H,4-7,9-10,12-16,18-19,21-45,47-48,50-66H2,1-3H3/b11-8-,20-17-,49-46-. The van der Waals surface area contributed by atoms with Crippen LogP contribution in [0, 0.1) is 0 Å². The van der Waals surface area contributed by atoms with Gasteiger partial charge in [-0.1, -0.05) is 340 Å². The molecule has 6 nitrogen and oxygen atoms in total. The lowest BCUT2D eigenvalue weighted by Crippen LogP contribution is -2.30. The Morgan fingerprint density at radius 2 is 0.513 bits per heavy atom. The van der Waals surface area contributed by atoms with Crippen molar-refractivity contribution < 1.29 is 28.6 Å². The topological polar surface area (TPSA) is 78.9 Å². The molecule has 0 N–H and O–H groups in total. The minimum Gasteiger partial charge on any atom is -0.462 e. The van der Waals surface area contributed by atoms with Crippen molar-refractivity contribution in [1.29, 1.82) is 0 Å². The number of hydrogen-bond donors (Lipinski definition) is 0. The number of unbranched alkanes of at least 4 members (excludes halogenated alkanes) is 46. The van der Waals surface area contributed by atoms with Crippen LogP contribution in [-0.4, -0.2) is 37.2 Å². The average Bonchev–Trinajstić information content (AvgIpc) is 3.42. The first kappa shape index (κ1) is 73.6. The molecule has 1 atom stereocenters. The lowest BCUT2D eigenvalue weighted by atomic mass is 10.0. The molecule has 1 unspecified atom stereocenters. The van der Waals surface area contributed by atoms with Gasteiger partial charge in [-0.3, -0.25) is 14.4 Å². The number of carbonyl (C=O) groups excluding carboxylic acids is 3. The normalized spacial score (nSPS) is 12.2. The molecule has 0 aromatic rings. The van der Waals surface area contributed by atoms with E-state index in [-0.39, 0.29) is 31.1 Å². The Labute approximate surface area is 474 Å². The van der Waals surface area contributed by atoms with Gasteiger partial charge in [0, 0.05) is 19.3 Å². The zero-order valence-corrected chi connectivity index (χ0v) is 51.3. The van der Waals surface area contributed by atoms with E-state index in [1.165, 1.54) is 250 Å². The summed E-state index contributed by atoms with van der Waals surface area (Å²) in [6.45, 7) is 6.54. The smallest absolute Gasteiger partial charge is 0.306 e. The number of carbonyl (C=O) groups is 3. The van der Waals surface area contributed by atoms with Crippen LogP contribution in [0.15, 0.2) is 36.5 Å². The minimum atomic E-state index is -0.783. The molecule has 0 fully saturated rings. The van der Waals surface area contributed by atoms with E-state index < -0.39 is 6.10 Å². The van der Waals surface area contributed by atoms with E-state index in [0.717, 1.165) is 83.5 Å². The number of ether oxygens (including phenoxy) is 3. The van der Waals surface area contributed by atoms with Crippen molar-refractivity contribution in [3.63, 3.8) is 0 Å². The molecule has 0 saturated heterocycles. The lowest BCUT2D eigenvalue weighted by Gasteiger charge is -2.18. The maximum Gasteiger partial charge on any atom is 0.306 e. The molecule has 0 aromatic heterocycles. The van der Waals surface area contributed by atoms with Crippen molar-refractivity contribution in [2.24, 2.45) is 0 Å². The van der Waals surface area contributed by atoms with Crippen LogP contribution in [0.25, 0.3) is 0 Å².